The van der Waals surface area contributed by atoms with E-state index in [1.165, 1.54) is 11.3 Å². The van der Waals surface area contributed by atoms with Gasteiger partial charge >= 0.3 is 5.97 Å². The molecule has 4 rings (SSSR count). The fourth-order valence-corrected chi connectivity index (χ4v) is 4.60. The number of imide groups is 1. The summed E-state index contributed by atoms with van der Waals surface area (Å²) in [6.07, 6.45) is 9.47. The van der Waals surface area contributed by atoms with Crippen molar-refractivity contribution < 1.29 is 19.1 Å². The average Bonchev–Trinajstić information content (AvgIpc) is 3.30. The first kappa shape index (κ1) is 17.9. The van der Waals surface area contributed by atoms with Crippen LogP contribution in [0.4, 0.5) is 5.95 Å². The fourth-order valence-electron chi connectivity index (χ4n) is 4.60. The van der Waals surface area contributed by atoms with Crippen LogP contribution >= 0.6 is 0 Å². The lowest BCUT2D eigenvalue weighted by Crippen LogP contribution is -2.45. The number of carbonyl (C=O) groups is 3. The zero-order valence-electron chi connectivity index (χ0n) is 15.2. The second-order valence-corrected chi connectivity index (χ2v) is 7.47. The van der Waals surface area contributed by atoms with Crippen molar-refractivity contribution in [2.45, 2.75) is 57.0 Å². The van der Waals surface area contributed by atoms with Crippen molar-refractivity contribution in [1.29, 1.82) is 0 Å². The molecule has 0 aromatic carbocycles. The molecule has 8 nitrogen and oxygen atoms in total. The number of aromatic nitrogens is 2. The number of ether oxygens (including phenoxy) is 1. The summed E-state index contributed by atoms with van der Waals surface area (Å²) in [6, 6.07) is 1.49. The molecule has 3 heterocycles. The van der Waals surface area contributed by atoms with Crippen molar-refractivity contribution in [2.75, 3.05) is 18.1 Å². The molecule has 1 saturated carbocycles. The van der Waals surface area contributed by atoms with E-state index < -0.39 is 17.9 Å². The fraction of sp³-hybridized carbons (Fsp3) is 0.632. The van der Waals surface area contributed by atoms with E-state index in [0.717, 1.165) is 19.3 Å². The first-order valence-electron chi connectivity index (χ1n) is 9.70. The van der Waals surface area contributed by atoms with Crippen molar-refractivity contribution in [2.24, 2.45) is 5.92 Å². The van der Waals surface area contributed by atoms with E-state index in [0.29, 0.717) is 37.7 Å². The van der Waals surface area contributed by atoms with Gasteiger partial charge in [-0.2, -0.15) is 0 Å². The summed E-state index contributed by atoms with van der Waals surface area (Å²) >= 11 is 0. The smallest absolute Gasteiger partial charge is 0.329 e. The number of carbonyl (C=O) groups excluding carboxylic acids is 3. The SMILES string of the molecule is O=C(OCC(=O)N1CCCC1=O)[C@@H]1C[C@H]2CCCC[C@H]2N1c1ncccn1. The van der Waals surface area contributed by atoms with Gasteiger partial charge in [-0.1, -0.05) is 12.8 Å². The lowest BCUT2D eigenvalue weighted by atomic mass is 9.85. The van der Waals surface area contributed by atoms with Gasteiger partial charge < -0.3 is 9.64 Å². The van der Waals surface area contributed by atoms with Crippen LogP contribution in [-0.4, -0.2) is 57.9 Å². The molecular formula is C19H24N4O4. The van der Waals surface area contributed by atoms with E-state index in [1.807, 2.05) is 4.90 Å². The summed E-state index contributed by atoms with van der Waals surface area (Å²) in [4.78, 5) is 48.5. The maximum absolute atomic E-state index is 12.8. The van der Waals surface area contributed by atoms with Crippen molar-refractivity contribution in [3.05, 3.63) is 18.5 Å². The van der Waals surface area contributed by atoms with Crippen LogP contribution in [0.25, 0.3) is 0 Å². The van der Waals surface area contributed by atoms with Crippen molar-refractivity contribution in [1.82, 2.24) is 14.9 Å². The summed E-state index contributed by atoms with van der Waals surface area (Å²) in [5, 5.41) is 0. The molecule has 1 aromatic heterocycles. The molecule has 0 unspecified atom stereocenters. The minimum atomic E-state index is -0.484. The number of nitrogens with zero attached hydrogens (tertiary/aromatic N) is 4. The third-order valence-corrected chi connectivity index (χ3v) is 5.86. The van der Waals surface area contributed by atoms with Gasteiger partial charge in [0.2, 0.25) is 11.9 Å². The molecule has 3 fully saturated rings. The Balaban J connectivity index is 1.46. The highest BCUT2D eigenvalue weighted by Crippen LogP contribution is 2.41. The molecule has 2 aliphatic heterocycles. The second-order valence-electron chi connectivity index (χ2n) is 7.47. The van der Waals surface area contributed by atoms with E-state index in [4.69, 9.17) is 4.74 Å². The van der Waals surface area contributed by atoms with Crippen LogP contribution in [0.2, 0.25) is 0 Å². The quantitative estimate of drug-likeness (QED) is 0.736. The van der Waals surface area contributed by atoms with Crippen molar-refractivity contribution >= 4 is 23.7 Å². The zero-order chi connectivity index (χ0) is 18.8. The molecule has 0 radical (unpaired) electrons. The van der Waals surface area contributed by atoms with Gasteiger partial charge in [-0.15, -0.1) is 0 Å². The molecule has 3 aliphatic rings. The van der Waals surface area contributed by atoms with Crippen LogP contribution in [0.5, 0.6) is 0 Å². The largest absolute Gasteiger partial charge is 0.454 e. The number of esters is 1. The number of hydrogen-bond donors (Lipinski definition) is 0. The Kier molecular flexibility index (Phi) is 5.05. The Bertz CT molecular complexity index is 726. The van der Waals surface area contributed by atoms with Crippen molar-refractivity contribution in [3.8, 4) is 0 Å². The molecule has 1 aliphatic carbocycles. The van der Waals surface area contributed by atoms with E-state index in [2.05, 4.69) is 9.97 Å². The Morgan fingerprint density at radius 2 is 1.93 bits per heavy atom. The molecule has 8 heteroatoms. The third-order valence-electron chi connectivity index (χ3n) is 5.86. The van der Waals surface area contributed by atoms with Crippen LogP contribution in [0.1, 0.15) is 44.9 Å². The van der Waals surface area contributed by atoms with E-state index in [1.54, 1.807) is 18.5 Å². The van der Waals surface area contributed by atoms with E-state index in [-0.39, 0.29) is 18.6 Å². The molecule has 2 amide bonds. The van der Waals surface area contributed by atoms with Gasteiger partial charge in [-0.25, -0.2) is 14.8 Å². The number of anilines is 1. The Morgan fingerprint density at radius 3 is 2.67 bits per heavy atom. The summed E-state index contributed by atoms with van der Waals surface area (Å²) in [5.74, 6) is -0.117. The van der Waals surface area contributed by atoms with Crippen LogP contribution in [0.3, 0.4) is 0 Å². The Morgan fingerprint density at radius 1 is 1.15 bits per heavy atom. The topological polar surface area (TPSA) is 92.7 Å². The molecule has 1 aromatic rings. The highest BCUT2D eigenvalue weighted by Gasteiger charge is 2.47. The molecule has 3 atom stereocenters. The first-order chi connectivity index (χ1) is 13.1. The minimum absolute atomic E-state index is 0.192. The lowest BCUT2D eigenvalue weighted by Gasteiger charge is -2.33. The standard InChI is InChI=1S/C19H24N4O4/c24-16-7-3-10-22(16)17(25)12-27-18(26)15-11-13-5-1-2-6-14(13)23(15)19-20-8-4-9-21-19/h4,8-9,13-15H,1-3,5-7,10-12H2/t13-,14-,15+/m1/s1. The number of amides is 2. The third kappa shape index (κ3) is 3.52. The van der Waals surface area contributed by atoms with Crippen molar-refractivity contribution in [3.63, 3.8) is 0 Å². The molecular weight excluding hydrogens is 348 g/mol. The number of rotatable bonds is 4. The summed E-state index contributed by atoms with van der Waals surface area (Å²) in [7, 11) is 0. The van der Waals surface area contributed by atoms with Crippen LogP contribution in [0.15, 0.2) is 18.5 Å². The van der Waals surface area contributed by atoms with Gasteiger partial charge in [0.25, 0.3) is 5.91 Å². The summed E-state index contributed by atoms with van der Waals surface area (Å²) in [5.41, 5.74) is 0. The first-order valence-corrected chi connectivity index (χ1v) is 9.70. The number of fused-ring (bicyclic) bond motifs is 1. The van der Waals surface area contributed by atoms with E-state index in [9.17, 15) is 14.4 Å². The Hall–Kier alpha value is -2.51. The predicted molar refractivity (Wildman–Crippen MR) is 95.6 cm³/mol. The molecule has 144 valence electrons. The molecule has 2 saturated heterocycles. The van der Waals surface area contributed by atoms with Crippen LogP contribution in [0, 0.1) is 5.92 Å². The van der Waals surface area contributed by atoms with Gasteiger partial charge in [-0.3, -0.25) is 14.5 Å². The highest BCUT2D eigenvalue weighted by molar-refractivity contribution is 5.98. The zero-order valence-corrected chi connectivity index (χ0v) is 15.2. The molecule has 27 heavy (non-hydrogen) atoms. The maximum Gasteiger partial charge on any atom is 0.329 e. The van der Waals surface area contributed by atoms with Crippen LogP contribution in [-0.2, 0) is 19.1 Å². The maximum atomic E-state index is 12.8. The molecule has 0 bridgehead atoms. The minimum Gasteiger partial charge on any atom is -0.454 e. The van der Waals surface area contributed by atoms with Crippen LogP contribution < -0.4 is 4.90 Å². The van der Waals surface area contributed by atoms with Gasteiger partial charge in [0, 0.05) is 31.4 Å². The lowest BCUT2D eigenvalue weighted by molar-refractivity contribution is -0.155. The molecule has 0 N–H and O–H groups in total. The van der Waals surface area contributed by atoms with Gasteiger partial charge in [0.05, 0.1) is 0 Å². The Labute approximate surface area is 157 Å². The molecule has 0 spiro atoms. The van der Waals surface area contributed by atoms with Gasteiger partial charge in [0.1, 0.15) is 6.04 Å². The second kappa shape index (κ2) is 7.62. The highest BCUT2D eigenvalue weighted by atomic mass is 16.5. The van der Waals surface area contributed by atoms with E-state index >= 15 is 0 Å². The normalized spacial score (nSPS) is 27.6. The predicted octanol–water partition coefficient (Wildman–Crippen LogP) is 1.31. The summed E-state index contributed by atoms with van der Waals surface area (Å²) in [6.45, 7) is 0.0205. The number of likely N-dealkylation sites (tertiary alicyclic amines) is 1. The van der Waals surface area contributed by atoms with Gasteiger partial charge in [-0.05, 0) is 37.7 Å². The van der Waals surface area contributed by atoms with Gasteiger partial charge in [0.15, 0.2) is 6.61 Å². The number of hydrogen-bond acceptors (Lipinski definition) is 7. The average molecular weight is 372 g/mol. The summed E-state index contributed by atoms with van der Waals surface area (Å²) < 4.78 is 5.33. The monoisotopic (exact) mass is 372 g/mol.